The van der Waals surface area contributed by atoms with Gasteiger partial charge in [0.1, 0.15) is 24.8 Å². The Morgan fingerprint density at radius 1 is 0.155 bits per heavy atom. The molecule has 0 aliphatic carbocycles. The molecule has 790 valence electrons. The molecule has 0 N–H and O–H groups in total. The Morgan fingerprint density at radius 3 is 0.430 bits per heavy atom. The van der Waals surface area contributed by atoms with Crippen molar-refractivity contribution in [3.63, 3.8) is 0 Å². The van der Waals surface area contributed by atoms with Gasteiger partial charge in [-0.1, -0.05) is 313 Å². The zero-order chi connectivity index (χ0) is 99.7. The van der Waals surface area contributed by atoms with Crippen LogP contribution in [0.15, 0.2) is 110 Å². The molecule has 0 unspecified atom stereocenters. The Labute approximate surface area is 860 Å². The van der Waals surface area contributed by atoms with E-state index in [9.17, 15) is 0 Å². The van der Waals surface area contributed by atoms with Crippen LogP contribution < -0.4 is 66.0 Å². The first kappa shape index (κ1) is 115. The number of benzene rings is 8. The molecule has 8 aromatic carbocycles. The minimum atomic E-state index is 0.637. The third kappa shape index (κ3) is 40.6. The van der Waals surface area contributed by atoms with E-state index in [1.54, 1.807) is 0 Å². The molecule has 0 atom stereocenters. The Morgan fingerprint density at radius 2 is 0.282 bits per heavy atom. The lowest BCUT2D eigenvalue weighted by Crippen LogP contribution is -2.31. The van der Waals surface area contributed by atoms with Crippen molar-refractivity contribution >= 4 is 64.6 Å². The lowest BCUT2D eigenvalue weighted by atomic mass is 9.93. The number of hydrogen-bond donors (Lipinski definition) is 0. The molecule has 0 saturated heterocycles. The second kappa shape index (κ2) is 71.0. The molecule has 2 heterocycles. The molecule has 16 heteroatoms. The van der Waals surface area contributed by atoms with E-state index in [0.717, 1.165) is 314 Å². The van der Waals surface area contributed by atoms with Gasteiger partial charge in [-0.05, 0) is 266 Å². The van der Waals surface area contributed by atoms with Crippen molar-refractivity contribution in [2.24, 2.45) is 0 Å². The van der Waals surface area contributed by atoms with Crippen molar-refractivity contribution in [2.75, 3.05) is 79.3 Å². The number of imidazole rings is 2. The van der Waals surface area contributed by atoms with E-state index in [1.165, 1.54) is 218 Å². The maximum Gasteiger partial charge on any atom is 0.243 e. The summed E-state index contributed by atoms with van der Waals surface area (Å²) >= 11 is 0. The third-order valence-electron chi connectivity index (χ3n) is 28.5. The summed E-state index contributed by atoms with van der Waals surface area (Å²) in [6.07, 6.45) is 80.8. The second-order valence-electron chi connectivity index (χ2n) is 41.0. The fourth-order valence-corrected chi connectivity index (χ4v) is 19.8. The highest BCUT2D eigenvalue weighted by atomic mass is 16.5. The van der Waals surface area contributed by atoms with E-state index < -0.39 is 0 Å². The zero-order valence-electron chi connectivity index (χ0n) is 91.4. The summed E-state index contributed by atoms with van der Waals surface area (Å²) in [6.45, 7) is 34.7. The van der Waals surface area contributed by atoms with Crippen LogP contribution in [0.5, 0.6) is 69.0 Å². The van der Waals surface area contributed by atoms with E-state index in [2.05, 4.69) is 198 Å². The van der Waals surface area contributed by atoms with Gasteiger partial charge in [0.25, 0.3) is 0 Å². The molecule has 0 bridgehead atoms. The highest BCUT2D eigenvalue weighted by molar-refractivity contribution is 6.28. The van der Waals surface area contributed by atoms with E-state index in [-0.39, 0.29) is 0 Å². The van der Waals surface area contributed by atoms with Crippen LogP contribution in [0.1, 0.15) is 442 Å². The van der Waals surface area contributed by atoms with Crippen LogP contribution >= 0.6 is 0 Å². The smallest absolute Gasteiger partial charge is 0.243 e. The molecule has 16 nitrogen and oxygen atoms in total. The van der Waals surface area contributed by atoms with Gasteiger partial charge >= 0.3 is 0 Å². The Hall–Kier alpha value is -8.66. The zero-order valence-corrected chi connectivity index (χ0v) is 91.4. The van der Waals surface area contributed by atoms with Gasteiger partial charge in [-0.3, -0.25) is 0 Å². The molecule has 0 spiro atoms. The highest BCUT2D eigenvalue weighted by Gasteiger charge is 2.25. The van der Waals surface area contributed by atoms with Crippen LogP contribution in [0.4, 0.5) is 0 Å². The number of aryl methyl sites for hydroxylation is 4. The molecule has 10 aromatic rings. The lowest BCUT2D eigenvalue weighted by Gasteiger charge is -2.21. The second-order valence-corrected chi connectivity index (χ2v) is 41.0. The molecule has 0 aliphatic heterocycles. The Kier molecular flexibility index (Phi) is 57.6. The molecule has 0 saturated carbocycles. The van der Waals surface area contributed by atoms with E-state index >= 15 is 0 Å². The summed E-state index contributed by atoms with van der Waals surface area (Å²) in [6, 6.07) is 27.1. The maximum absolute atomic E-state index is 6.93. The summed E-state index contributed by atoms with van der Waals surface area (Å²) < 4.78 is 91.3. The molecule has 10 rings (SSSR count). The predicted octanol–water partition coefficient (Wildman–Crippen LogP) is 36.3. The summed E-state index contributed by atoms with van der Waals surface area (Å²) in [7, 11) is 0. The van der Waals surface area contributed by atoms with Crippen molar-refractivity contribution in [3.8, 4) is 69.0 Å². The summed E-state index contributed by atoms with van der Waals surface area (Å²) in [4.78, 5) is 0. The third-order valence-corrected chi connectivity index (χ3v) is 28.5. The van der Waals surface area contributed by atoms with E-state index in [0.29, 0.717) is 79.3 Å². The quantitative estimate of drug-likeness (QED) is 0.0204. The summed E-state index contributed by atoms with van der Waals surface area (Å²) in [5.41, 5.74) is 0. The monoisotopic (exact) mass is 1960 g/mol. The van der Waals surface area contributed by atoms with Crippen LogP contribution in [-0.4, -0.2) is 88.4 Å². The molecular weight excluding hydrogens is 1760 g/mol. The van der Waals surface area contributed by atoms with Gasteiger partial charge in [0, 0.05) is 0 Å². The number of aromatic nitrogens is 4. The molecule has 0 fully saturated rings. The van der Waals surface area contributed by atoms with Crippen molar-refractivity contribution in [2.45, 2.75) is 468 Å². The van der Waals surface area contributed by atoms with Crippen LogP contribution in [0.25, 0.3) is 64.6 Å². The predicted molar refractivity (Wildman–Crippen MR) is 598 cm³/mol. The van der Waals surface area contributed by atoms with Crippen molar-refractivity contribution in [1.29, 1.82) is 0 Å². The van der Waals surface area contributed by atoms with Crippen molar-refractivity contribution in [3.05, 3.63) is 110 Å². The highest BCUT2D eigenvalue weighted by Crippen LogP contribution is 2.51. The van der Waals surface area contributed by atoms with Gasteiger partial charge in [-0.2, -0.15) is 0 Å². The maximum atomic E-state index is 6.93. The summed E-state index contributed by atoms with van der Waals surface area (Å²) in [5.74, 6) is 9.70. The topological polar surface area (TPSA) is 128 Å². The van der Waals surface area contributed by atoms with E-state index in [1.807, 2.05) is 0 Å². The summed E-state index contributed by atoms with van der Waals surface area (Å²) in [5, 5.41) is 13.3. The van der Waals surface area contributed by atoms with Crippen molar-refractivity contribution < 1.29 is 66.0 Å². The Balaban J connectivity index is 0.662. The fourth-order valence-electron chi connectivity index (χ4n) is 19.8. The Bertz CT molecular complexity index is 4640. The molecular formula is C126H196N4O12+2. The first-order chi connectivity index (χ1) is 70.2. The molecule has 0 aliphatic rings. The average Bonchev–Trinajstić information content (AvgIpc) is 0.734. The average molecular weight is 1960 g/mol. The number of nitrogens with zero attached hydrogens (tertiary/aromatic N) is 4. The normalized spacial score (nSPS) is 11.7. The largest absolute Gasteiger partial charge is 0.490 e. The number of hydrogen-bond acceptors (Lipinski definition) is 12. The van der Waals surface area contributed by atoms with Crippen LogP contribution in [0, 0.1) is 0 Å². The fraction of sp³-hybridized carbons (Fsp3) is 0.667. The number of unbranched alkanes of at least 4 members (excludes halogenated alkanes) is 45. The van der Waals surface area contributed by atoms with Crippen LogP contribution in [0.2, 0.25) is 0 Å². The first-order valence-corrected chi connectivity index (χ1v) is 58.9. The van der Waals surface area contributed by atoms with Crippen LogP contribution in [-0.2, 0) is 26.2 Å². The van der Waals surface area contributed by atoms with Gasteiger partial charge in [0.05, 0.1) is 105 Å². The van der Waals surface area contributed by atoms with Gasteiger partial charge in [0.2, 0.25) is 12.7 Å². The van der Waals surface area contributed by atoms with Gasteiger partial charge in [0.15, 0.2) is 69.0 Å². The number of fused-ring (bicyclic) bond motifs is 12. The van der Waals surface area contributed by atoms with Gasteiger partial charge in [-0.25, -0.2) is 18.3 Å². The van der Waals surface area contributed by atoms with Crippen molar-refractivity contribution in [1.82, 2.24) is 9.13 Å². The molecule has 0 amide bonds. The van der Waals surface area contributed by atoms with Gasteiger partial charge in [-0.15, -0.1) is 0 Å². The van der Waals surface area contributed by atoms with Gasteiger partial charge < -0.3 is 56.8 Å². The minimum Gasteiger partial charge on any atom is -0.490 e. The lowest BCUT2D eigenvalue weighted by molar-refractivity contribution is -0.697. The molecule has 2 aromatic heterocycles. The SMILES string of the molecule is CCCCCCOc1cc2c3cc(OCCCCCC)c(OCCCCCC)cc3c3cc(OCCCCCCCCn4cc[n+](CCCCCCCC[n+]5ccn(CCCCCCCCOc6cc7c8cc(OCCCCCC)c(OCCCCCC)cc8c8cc(OCCCCCC)c(OCCCCCC)cc8c7cc6OCCCCCC)c5)c4)c(OCCCCCC)cc3c2cc1OCCCCCC. The molecule has 0 radical (unpaired) electrons. The first-order valence-electron chi connectivity index (χ1n) is 58.9. The number of rotatable bonds is 89. The van der Waals surface area contributed by atoms with E-state index in [4.69, 9.17) is 56.8 Å². The molecule has 142 heavy (non-hydrogen) atoms. The minimum absolute atomic E-state index is 0.637. The van der Waals surface area contributed by atoms with Crippen LogP contribution in [0.3, 0.4) is 0 Å². The standard InChI is InChI=1S/C126H196N4O12/c1-11-21-31-57-77-131-115-89-103-105-91-117(133-79-59-33-23-13-3)121(137-83-63-37-27-17-7)95-109(105)113-99-125(123(139-85-65-39-29-19-9)97-111(113)107(103)93-119(115)135-81-61-35-25-15-5)141-87-67-51-45-43-49-55-71-129-75-73-127(101-129)69-53-47-41-42-48-54-70-128-74-76-130(102-128)72-56-50-44-46-52-68-88-142-126-100-114-110-96-122(138-84-64-38-28-18-8)118(134-80-60-34-24-14-4)92-106(110)104-90-116(132-78-58-32-22-12-2)120(136-82-62-36-26-16-6)94-108(104)112(114)98-124(126)140-86-66-40-30-20-10/h73-76,89-102H,11-72,77-88H2,1-10H3/q+2. The number of ether oxygens (including phenoxy) is 12.